The van der Waals surface area contributed by atoms with Crippen molar-refractivity contribution in [1.29, 1.82) is 0 Å². The predicted octanol–water partition coefficient (Wildman–Crippen LogP) is 4.17. The lowest BCUT2D eigenvalue weighted by Gasteiger charge is -2.08. The first-order chi connectivity index (χ1) is 12.0. The first-order valence-electron chi connectivity index (χ1n) is 7.33. The molecule has 4 aromatic rings. The van der Waals surface area contributed by atoms with Gasteiger partial charge in [-0.2, -0.15) is 0 Å². The summed E-state index contributed by atoms with van der Waals surface area (Å²) in [6.45, 7) is 1.71. The molecule has 0 atom stereocenters. The van der Waals surface area contributed by atoms with Gasteiger partial charge in [0, 0.05) is 16.6 Å². The summed E-state index contributed by atoms with van der Waals surface area (Å²) in [6.07, 6.45) is 1.43. The quantitative estimate of drug-likeness (QED) is 0.532. The molecule has 124 valence electrons. The molecule has 25 heavy (non-hydrogen) atoms. The molecule has 0 unspecified atom stereocenters. The third kappa shape index (κ3) is 2.64. The number of furan rings is 1. The Bertz CT molecular complexity index is 1140. The zero-order valence-electron chi connectivity index (χ0n) is 12.9. The number of carboxylic acids is 1. The molecule has 8 heteroatoms. The summed E-state index contributed by atoms with van der Waals surface area (Å²) < 4.78 is 5.37. The van der Waals surface area contributed by atoms with Gasteiger partial charge >= 0.3 is 5.97 Å². The molecule has 1 aromatic carbocycles. The molecule has 0 spiro atoms. The van der Waals surface area contributed by atoms with Gasteiger partial charge < -0.3 is 14.8 Å². The van der Waals surface area contributed by atoms with Gasteiger partial charge in [0.25, 0.3) is 0 Å². The minimum absolute atomic E-state index is 0.0620. The van der Waals surface area contributed by atoms with Crippen LogP contribution in [0.1, 0.15) is 16.1 Å². The number of carboxylic acid groups (broad SMARTS) is 1. The highest BCUT2D eigenvalue weighted by molar-refractivity contribution is 6.29. The van der Waals surface area contributed by atoms with Gasteiger partial charge in [0.2, 0.25) is 5.76 Å². The Morgan fingerprint density at radius 1 is 1.24 bits per heavy atom. The van der Waals surface area contributed by atoms with Crippen LogP contribution in [0.4, 0.5) is 11.5 Å². The van der Waals surface area contributed by atoms with Crippen LogP contribution >= 0.6 is 11.6 Å². The van der Waals surface area contributed by atoms with Crippen LogP contribution in [0.15, 0.2) is 41.1 Å². The van der Waals surface area contributed by atoms with Crippen molar-refractivity contribution in [2.75, 3.05) is 5.32 Å². The van der Waals surface area contributed by atoms with Crippen LogP contribution in [0.25, 0.3) is 22.0 Å². The Labute approximate surface area is 146 Å². The van der Waals surface area contributed by atoms with Crippen LogP contribution < -0.4 is 5.32 Å². The standard InChI is InChI=1S/C17H11ClN4O3/c1-8-10-6-9(2-4-12(10)25-15(8)17(23)24)21-16-14-11(19-7-20-16)3-5-13(18)22-14/h2-7H,1H3,(H,23,24)(H,19,20,21). The summed E-state index contributed by atoms with van der Waals surface area (Å²) in [5.41, 5.74) is 3.00. The van der Waals surface area contributed by atoms with Crippen LogP contribution in [0.3, 0.4) is 0 Å². The number of aryl methyl sites for hydroxylation is 1. The maximum absolute atomic E-state index is 11.2. The Morgan fingerprint density at radius 2 is 2.08 bits per heavy atom. The van der Waals surface area contributed by atoms with E-state index >= 15 is 0 Å². The number of halogens is 1. The van der Waals surface area contributed by atoms with Gasteiger partial charge in [-0.15, -0.1) is 0 Å². The number of carbonyl (C=O) groups is 1. The van der Waals surface area contributed by atoms with Gasteiger partial charge in [-0.1, -0.05) is 11.6 Å². The number of benzene rings is 1. The van der Waals surface area contributed by atoms with E-state index < -0.39 is 5.97 Å². The van der Waals surface area contributed by atoms with Gasteiger partial charge in [0.15, 0.2) is 5.82 Å². The summed E-state index contributed by atoms with van der Waals surface area (Å²) in [4.78, 5) is 23.8. The Hall–Kier alpha value is -3.19. The second-order valence-corrected chi connectivity index (χ2v) is 5.81. The zero-order valence-corrected chi connectivity index (χ0v) is 13.7. The summed E-state index contributed by atoms with van der Waals surface area (Å²) in [6, 6.07) is 8.71. The topological polar surface area (TPSA) is 101 Å². The number of pyridine rings is 1. The van der Waals surface area contributed by atoms with Crippen LogP contribution in [-0.4, -0.2) is 26.0 Å². The molecular formula is C17H11ClN4O3. The number of hydrogen-bond donors (Lipinski definition) is 2. The van der Waals surface area contributed by atoms with E-state index in [0.29, 0.717) is 38.5 Å². The monoisotopic (exact) mass is 354 g/mol. The van der Waals surface area contributed by atoms with E-state index in [1.807, 2.05) is 0 Å². The van der Waals surface area contributed by atoms with Crippen LogP contribution in [0.5, 0.6) is 0 Å². The van der Waals surface area contributed by atoms with Crippen molar-refractivity contribution in [2.45, 2.75) is 6.92 Å². The number of aromatic carboxylic acids is 1. The molecule has 0 saturated carbocycles. The molecule has 0 aliphatic carbocycles. The Balaban J connectivity index is 1.80. The summed E-state index contributed by atoms with van der Waals surface area (Å²) in [7, 11) is 0. The van der Waals surface area contributed by atoms with Crippen molar-refractivity contribution in [2.24, 2.45) is 0 Å². The highest BCUT2D eigenvalue weighted by Crippen LogP contribution is 2.30. The molecule has 0 aliphatic heterocycles. The second kappa shape index (κ2) is 5.71. The fourth-order valence-corrected chi connectivity index (χ4v) is 2.79. The summed E-state index contributed by atoms with van der Waals surface area (Å²) in [5, 5.41) is 13.4. The summed E-state index contributed by atoms with van der Waals surface area (Å²) in [5.74, 6) is -0.650. The highest BCUT2D eigenvalue weighted by atomic mass is 35.5. The maximum Gasteiger partial charge on any atom is 0.372 e. The third-order valence-electron chi connectivity index (χ3n) is 3.84. The Kier molecular flexibility index (Phi) is 3.51. The van der Waals surface area contributed by atoms with Crippen LogP contribution in [-0.2, 0) is 0 Å². The molecule has 3 heterocycles. The smallest absolute Gasteiger partial charge is 0.372 e. The lowest BCUT2D eigenvalue weighted by molar-refractivity contribution is 0.0664. The van der Waals surface area contributed by atoms with Gasteiger partial charge in [0.1, 0.15) is 22.6 Å². The van der Waals surface area contributed by atoms with Crippen LogP contribution in [0.2, 0.25) is 5.15 Å². The molecule has 3 aromatic heterocycles. The first-order valence-corrected chi connectivity index (χ1v) is 7.71. The lowest BCUT2D eigenvalue weighted by atomic mass is 10.1. The largest absolute Gasteiger partial charge is 0.475 e. The number of anilines is 2. The molecule has 4 rings (SSSR count). The number of nitrogens with one attached hydrogen (secondary N) is 1. The van der Waals surface area contributed by atoms with E-state index in [1.165, 1.54) is 6.33 Å². The second-order valence-electron chi connectivity index (χ2n) is 5.42. The number of rotatable bonds is 3. The number of hydrogen-bond acceptors (Lipinski definition) is 6. The number of fused-ring (bicyclic) bond motifs is 2. The van der Waals surface area contributed by atoms with Crippen molar-refractivity contribution in [3.63, 3.8) is 0 Å². The van der Waals surface area contributed by atoms with Crippen molar-refractivity contribution in [1.82, 2.24) is 15.0 Å². The number of nitrogens with zero attached hydrogens (tertiary/aromatic N) is 3. The van der Waals surface area contributed by atoms with Gasteiger partial charge in [-0.3, -0.25) is 0 Å². The van der Waals surface area contributed by atoms with E-state index in [-0.39, 0.29) is 5.76 Å². The molecular weight excluding hydrogens is 344 g/mol. The molecule has 0 bridgehead atoms. The molecule has 2 N–H and O–H groups in total. The fraction of sp³-hybridized carbons (Fsp3) is 0.0588. The molecule has 0 fully saturated rings. The van der Waals surface area contributed by atoms with E-state index in [2.05, 4.69) is 20.3 Å². The molecule has 0 saturated heterocycles. The lowest BCUT2D eigenvalue weighted by Crippen LogP contribution is -1.97. The molecule has 0 radical (unpaired) electrons. The van der Waals surface area contributed by atoms with Gasteiger partial charge in [0.05, 0.1) is 5.52 Å². The molecule has 0 aliphatic rings. The zero-order chi connectivity index (χ0) is 17.6. The third-order valence-corrected chi connectivity index (χ3v) is 4.05. The van der Waals surface area contributed by atoms with E-state index in [4.69, 9.17) is 21.1 Å². The molecule has 7 nitrogen and oxygen atoms in total. The average molecular weight is 355 g/mol. The van der Waals surface area contributed by atoms with Crippen LogP contribution in [0, 0.1) is 6.92 Å². The van der Waals surface area contributed by atoms with Gasteiger partial charge in [-0.25, -0.2) is 19.7 Å². The van der Waals surface area contributed by atoms with Crippen molar-refractivity contribution < 1.29 is 14.3 Å². The number of aromatic nitrogens is 3. The minimum atomic E-state index is -1.09. The highest BCUT2D eigenvalue weighted by Gasteiger charge is 2.17. The first kappa shape index (κ1) is 15.3. The van der Waals surface area contributed by atoms with Crippen molar-refractivity contribution in [3.05, 3.63) is 53.1 Å². The predicted molar refractivity (Wildman–Crippen MR) is 93.5 cm³/mol. The van der Waals surface area contributed by atoms with E-state index in [0.717, 1.165) is 5.69 Å². The fourth-order valence-electron chi connectivity index (χ4n) is 2.65. The Morgan fingerprint density at radius 3 is 2.88 bits per heavy atom. The van der Waals surface area contributed by atoms with E-state index in [9.17, 15) is 4.79 Å². The normalized spacial score (nSPS) is 11.1. The molecule has 0 amide bonds. The van der Waals surface area contributed by atoms with E-state index in [1.54, 1.807) is 37.3 Å². The minimum Gasteiger partial charge on any atom is -0.475 e. The van der Waals surface area contributed by atoms with Crippen molar-refractivity contribution >= 4 is 51.1 Å². The van der Waals surface area contributed by atoms with Crippen molar-refractivity contribution in [3.8, 4) is 0 Å². The maximum atomic E-state index is 11.2. The summed E-state index contributed by atoms with van der Waals surface area (Å²) >= 11 is 5.96. The average Bonchev–Trinajstić information content (AvgIpc) is 2.92. The SMILES string of the molecule is Cc1c(C(=O)O)oc2ccc(Nc3ncnc4ccc(Cl)nc34)cc12. The van der Waals surface area contributed by atoms with Gasteiger partial charge in [-0.05, 0) is 37.3 Å².